The molecule has 5 nitrogen and oxygen atoms in total. The van der Waals surface area contributed by atoms with Crippen molar-refractivity contribution in [3.8, 4) is 6.07 Å². The third-order valence-electron chi connectivity index (χ3n) is 2.96. The Bertz CT molecular complexity index is 604. The topological polar surface area (TPSA) is 79.2 Å². The number of rotatable bonds is 3. The maximum absolute atomic E-state index is 12.2. The molecule has 0 saturated carbocycles. The fourth-order valence-electron chi connectivity index (χ4n) is 1.89. The summed E-state index contributed by atoms with van der Waals surface area (Å²) in [4.78, 5) is 0. The summed E-state index contributed by atoms with van der Waals surface area (Å²) in [5.74, 6) is 0. The summed E-state index contributed by atoms with van der Waals surface area (Å²) in [5.41, 5.74) is 0.686. The van der Waals surface area contributed by atoms with Gasteiger partial charge in [0.25, 0.3) is 0 Å². The normalized spacial score (nSPS) is 16.8. The summed E-state index contributed by atoms with van der Waals surface area (Å²) in [6.07, 6.45) is 0.951. The van der Waals surface area contributed by atoms with Gasteiger partial charge in [-0.3, -0.25) is 4.72 Å². The van der Waals surface area contributed by atoms with Crippen LogP contribution in [0.15, 0.2) is 18.2 Å². The van der Waals surface area contributed by atoms with Gasteiger partial charge in [0.2, 0.25) is 10.0 Å². The van der Waals surface area contributed by atoms with Crippen molar-refractivity contribution in [1.82, 2.24) is 0 Å². The van der Waals surface area contributed by atoms with E-state index in [1.54, 1.807) is 0 Å². The standard InChI is InChI=1S/C12H13ClN2O3S/c13-11-7-9(8-14)1-2-12(11)15-19(16,17)10-3-5-18-6-4-10/h1-2,7,10,15H,3-6H2. The third kappa shape index (κ3) is 3.38. The van der Waals surface area contributed by atoms with E-state index in [2.05, 4.69) is 4.72 Å². The van der Waals surface area contributed by atoms with E-state index in [9.17, 15) is 8.42 Å². The zero-order chi connectivity index (χ0) is 13.9. The van der Waals surface area contributed by atoms with E-state index in [0.29, 0.717) is 37.3 Å². The van der Waals surface area contributed by atoms with Crippen LogP contribution >= 0.6 is 11.6 Å². The SMILES string of the molecule is N#Cc1ccc(NS(=O)(=O)C2CCOCC2)c(Cl)c1. The van der Waals surface area contributed by atoms with E-state index in [1.807, 2.05) is 6.07 Å². The van der Waals surface area contributed by atoms with Gasteiger partial charge in [-0.05, 0) is 31.0 Å². The molecule has 0 aliphatic carbocycles. The number of nitrogens with zero attached hydrogens (tertiary/aromatic N) is 1. The second-order valence-corrected chi connectivity index (χ2v) is 6.63. The Labute approximate surface area is 117 Å². The van der Waals surface area contributed by atoms with Gasteiger partial charge >= 0.3 is 0 Å². The second kappa shape index (κ2) is 5.78. The summed E-state index contributed by atoms with van der Waals surface area (Å²) >= 11 is 5.95. The highest BCUT2D eigenvalue weighted by molar-refractivity contribution is 7.93. The van der Waals surface area contributed by atoms with Crippen molar-refractivity contribution in [1.29, 1.82) is 5.26 Å². The van der Waals surface area contributed by atoms with E-state index in [-0.39, 0.29) is 5.02 Å². The van der Waals surface area contributed by atoms with E-state index in [4.69, 9.17) is 21.6 Å². The van der Waals surface area contributed by atoms with Crippen molar-refractivity contribution in [2.75, 3.05) is 17.9 Å². The number of nitriles is 1. The molecule has 1 N–H and O–H groups in total. The summed E-state index contributed by atoms with van der Waals surface area (Å²) < 4.78 is 32.0. The third-order valence-corrected chi connectivity index (χ3v) is 5.12. The number of hydrogen-bond acceptors (Lipinski definition) is 4. The molecular formula is C12H13ClN2O3S. The summed E-state index contributed by atoms with van der Waals surface area (Å²) in [6.45, 7) is 0.902. The number of ether oxygens (including phenoxy) is 1. The molecule has 1 heterocycles. The highest BCUT2D eigenvalue weighted by Gasteiger charge is 2.28. The predicted molar refractivity (Wildman–Crippen MR) is 72.6 cm³/mol. The van der Waals surface area contributed by atoms with Gasteiger partial charge < -0.3 is 4.74 Å². The van der Waals surface area contributed by atoms with Gasteiger partial charge in [0.1, 0.15) is 0 Å². The van der Waals surface area contributed by atoms with E-state index in [0.717, 1.165) is 0 Å². The van der Waals surface area contributed by atoms with Crippen LogP contribution in [0.3, 0.4) is 0 Å². The van der Waals surface area contributed by atoms with Crippen molar-refractivity contribution in [3.05, 3.63) is 28.8 Å². The molecule has 1 saturated heterocycles. The molecule has 1 aromatic rings. The number of benzene rings is 1. The number of sulfonamides is 1. The van der Waals surface area contributed by atoms with E-state index < -0.39 is 15.3 Å². The lowest BCUT2D eigenvalue weighted by atomic mass is 10.2. The van der Waals surface area contributed by atoms with Gasteiger partial charge in [-0.2, -0.15) is 5.26 Å². The minimum absolute atomic E-state index is 0.217. The molecular weight excluding hydrogens is 288 g/mol. The van der Waals surface area contributed by atoms with Gasteiger partial charge in [0.15, 0.2) is 0 Å². The van der Waals surface area contributed by atoms with Crippen LogP contribution in [0.25, 0.3) is 0 Å². The van der Waals surface area contributed by atoms with Crippen LogP contribution < -0.4 is 4.72 Å². The number of nitrogens with one attached hydrogen (secondary N) is 1. The fraction of sp³-hybridized carbons (Fsp3) is 0.417. The first kappa shape index (κ1) is 14.1. The molecule has 102 valence electrons. The Balaban J connectivity index is 2.18. The summed E-state index contributed by atoms with van der Waals surface area (Å²) in [6, 6.07) is 6.40. The highest BCUT2D eigenvalue weighted by Crippen LogP contribution is 2.26. The van der Waals surface area contributed by atoms with Crippen LogP contribution in [0.5, 0.6) is 0 Å². The minimum atomic E-state index is -3.48. The van der Waals surface area contributed by atoms with E-state index in [1.165, 1.54) is 18.2 Å². The van der Waals surface area contributed by atoms with Crippen molar-refractivity contribution in [3.63, 3.8) is 0 Å². The van der Waals surface area contributed by atoms with Crippen LogP contribution in [0, 0.1) is 11.3 Å². The molecule has 19 heavy (non-hydrogen) atoms. The average molecular weight is 301 g/mol. The van der Waals surface area contributed by atoms with Gasteiger partial charge in [-0.15, -0.1) is 0 Å². The Morgan fingerprint density at radius 1 is 1.37 bits per heavy atom. The van der Waals surface area contributed by atoms with Crippen LogP contribution in [0.1, 0.15) is 18.4 Å². The molecule has 0 radical (unpaired) electrons. The maximum atomic E-state index is 12.2. The molecule has 1 aliphatic heterocycles. The summed E-state index contributed by atoms with van der Waals surface area (Å²) in [7, 11) is -3.48. The van der Waals surface area contributed by atoms with Crippen molar-refractivity contribution in [2.45, 2.75) is 18.1 Å². The van der Waals surface area contributed by atoms with Crippen molar-refractivity contribution in [2.24, 2.45) is 0 Å². The molecule has 0 unspecified atom stereocenters. The molecule has 0 spiro atoms. The molecule has 1 fully saturated rings. The van der Waals surface area contributed by atoms with Crippen LogP contribution in [-0.2, 0) is 14.8 Å². The first-order valence-electron chi connectivity index (χ1n) is 5.82. The van der Waals surface area contributed by atoms with E-state index >= 15 is 0 Å². The molecule has 0 atom stereocenters. The molecule has 0 bridgehead atoms. The predicted octanol–water partition coefficient (Wildman–Crippen LogP) is 2.13. The Morgan fingerprint density at radius 2 is 2.05 bits per heavy atom. The number of anilines is 1. The van der Waals surface area contributed by atoms with Crippen LogP contribution in [0.2, 0.25) is 5.02 Å². The number of hydrogen-bond donors (Lipinski definition) is 1. The zero-order valence-electron chi connectivity index (χ0n) is 10.1. The molecule has 0 aromatic heterocycles. The number of halogens is 1. The molecule has 7 heteroatoms. The second-order valence-electron chi connectivity index (χ2n) is 4.27. The molecule has 0 amide bonds. The lowest BCUT2D eigenvalue weighted by Gasteiger charge is -2.23. The lowest BCUT2D eigenvalue weighted by molar-refractivity contribution is 0.0984. The van der Waals surface area contributed by atoms with Gasteiger partial charge in [-0.25, -0.2) is 8.42 Å². The smallest absolute Gasteiger partial charge is 0.235 e. The van der Waals surface area contributed by atoms with Crippen LogP contribution in [0.4, 0.5) is 5.69 Å². The molecule has 1 aromatic carbocycles. The van der Waals surface area contributed by atoms with Gasteiger partial charge in [0, 0.05) is 13.2 Å². The lowest BCUT2D eigenvalue weighted by Crippen LogP contribution is -2.33. The highest BCUT2D eigenvalue weighted by atomic mass is 35.5. The quantitative estimate of drug-likeness (QED) is 0.927. The fourth-order valence-corrected chi connectivity index (χ4v) is 3.64. The Morgan fingerprint density at radius 3 is 2.63 bits per heavy atom. The Kier molecular flexibility index (Phi) is 4.30. The van der Waals surface area contributed by atoms with Crippen molar-refractivity contribution >= 4 is 27.3 Å². The average Bonchev–Trinajstić information content (AvgIpc) is 2.42. The largest absolute Gasteiger partial charge is 0.381 e. The monoisotopic (exact) mass is 300 g/mol. The van der Waals surface area contributed by atoms with Gasteiger partial charge in [0.05, 0.1) is 27.6 Å². The van der Waals surface area contributed by atoms with Gasteiger partial charge in [-0.1, -0.05) is 11.6 Å². The first-order valence-corrected chi connectivity index (χ1v) is 7.74. The zero-order valence-corrected chi connectivity index (χ0v) is 11.7. The summed E-state index contributed by atoms with van der Waals surface area (Å²) in [5, 5.41) is 8.48. The molecule has 2 rings (SSSR count). The van der Waals surface area contributed by atoms with Crippen molar-refractivity contribution < 1.29 is 13.2 Å². The molecule has 1 aliphatic rings. The van der Waals surface area contributed by atoms with Crippen LogP contribution in [-0.4, -0.2) is 26.9 Å². The Hall–Kier alpha value is -1.29. The first-order chi connectivity index (χ1) is 9.03. The minimum Gasteiger partial charge on any atom is -0.381 e. The maximum Gasteiger partial charge on any atom is 0.235 e.